The Balaban J connectivity index is 1.74. The van der Waals surface area contributed by atoms with Crippen molar-refractivity contribution in [3.63, 3.8) is 0 Å². The van der Waals surface area contributed by atoms with E-state index in [4.69, 9.17) is 0 Å². The van der Waals surface area contributed by atoms with Crippen molar-refractivity contribution in [3.8, 4) is 0 Å². The van der Waals surface area contributed by atoms with Gasteiger partial charge in [-0.05, 0) is 31.6 Å². The van der Waals surface area contributed by atoms with Crippen molar-refractivity contribution in [1.29, 1.82) is 0 Å². The first-order chi connectivity index (χ1) is 6.86. The number of aliphatic hydroxyl groups excluding tert-OH is 1. The number of aryl methyl sites for hydroxylation is 1. The van der Waals surface area contributed by atoms with Crippen LogP contribution in [0.3, 0.4) is 0 Å². The molecule has 1 aromatic heterocycles. The summed E-state index contributed by atoms with van der Waals surface area (Å²) in [7, 11) is 0. The number of aliphatic hydroxyl groups is 1. The van der Waals surface area contributed by atoms with Gasteiger partial charge in [0.25, 0.3) is 0 Å². The van der Waals surface area contributed by atoms with E-state index in [0.717, 1.165) is 12.8 Å². The summed E-state index contributed by atoms with van der Waals surface area (Å²) in [5, 5.41) is 9.93. The minimum Gasteiger partial charge on any atom is -0.393 e. The van der Waals surface area contributed by atoms with Crippen molar-refractivity contribution in [2.45, 2.75) is 44.6 Å². The first kappa shape index (κ1) is 10.1. The van der Waals surface area contributed by atoms with Gasteiger partial charge in [0.05, 0.1) is 11.6 Å². The summed E-state index contributed by atoms with van der Waals surface area (Å²) in [6, 6.07) is 0. The molecule has 14 heavy (non-hydrogen) atoms. The Kier molecular flexibility index (Phi) is 3.54. The van der Waals surface area contributed by atoms with Crippen molar-refractivity contribution in [3.05, 3.63) is 16.6 Å². The molecular weight excluding hydrogens is 194 g/mol. The van der Waals surface area contributed by atoms with Crippen molar-refractivity contribution >= 4 is 11.3 Å². The Morgan fingerprint density at radius 3 is 2.93 bits per heavy atom. The summed E-state index contributed by atoms with van der Waals surface area (Å²) in [6.45, 7) is 0. The lowest BCUT2D eigenvalue weighted by Crippen LogP contribution is -2.17. The lowest BCUT2D eigenvalue weighted by atomic mass is 9.97. The van der Waals surface area contributed by atoms with E-state index in [1.54, 1.807) is 11.3 Å². The molecule has 2 nitrogen and oxygen atoms in total. The van der Waals surface area contributed by atoms with Crippen molar-refractivity contribution in [2.75, 3.05) is 0 Å². The minimum absolute atomic E-state index is 0.0837. The number of hydrogen-bond acceptors (Lipinski definition) is 3. The van der Waals surface area contributed by atoms with Gasteiger partial charge in [-0.3, -0.25) is 4.98 Å². The van der Waals surface area contributed by atoms with E-state index in [1.807, 2.05) is 11.7 Å². The predicted molar refractivity (Wildman–Crippen MR) is 58.4 cm³/mol. The number of thiazole rings is 1. The number of aromatic nitrogens is 1. The van der Waals surface area contributed by atoms with Gasteiger partial charge in [0.1, 0.15) is 0 Å². The molecule has 1 unspecified atom stereocenters. The molecule has 1 heterocycles. The fourth-order valence-electron chi connectivity index (χ4n) is 2.23. The molecular formula is C11H17NOS. The van der Waals surface area contributed by atoms with Gasteiger partial charge in [-0.25, -0.2) is 0 Å². The van der Waals surface area contributed by atoms with Gasteiger partial charge in [-0.2, -0.15) is 0 Å². The van der Waals surface area contributed by atoms with E-state index >= 15 is 0 Å². The van der Waals surface area contributed by atoms with Gasteiger partial charge in [-0.1, -0.05) is 12.8 Å². The van der Waals surface area contributed by atoms with E-state index in [2.05, 4.69) is 4.98 Å². The zero-order valence-electron chi connectivity index (χ0n) is 8.35. The van der Waals surface area contributed by atoms with E-state index in [9.17, 15) is 5.11 Å². The molecule has 1 atom stereocenters. The van der Waals surface area contributed by atoms with Crippen LogP contribution in [0, 0.1) is 5.92 Å². The minimum atomic E-state index is -0.0837. The molecule has 1 aliphatic carbocycles. The molecule has 0 saturated heterocycles. The summed E-state index contributed by atoms with van der Waals surface area (Å²) in [4.78, 5) is 5.33. The van der Waals surface area contributed by atoms with E-state index < -0.39 is 0 Å². The van der Waals surface area contributed by atoms with Gasteiger partial charge in [0.15, 0.2) is 0 Å². The molecule has 0 amide bonds. The SMILES string of the molecule is OC(CCc1cncs1)C1CCCC1. The van der Waals surface area contributed by atoms with E-state index in [1.165, 1.54) is 30.6 Å². The summed E-state index contributed by atoms with van der Waals surface area (Å²) in [5.41, 5.74) is 1.86. The number of nitrogens with zero attached hydrogens (tertiary/aromatic N) is 1. The van der Waals surface area contributed by atoms with Crippen LogP contribution in [0.5, 0.6) is 0 Å². The second-order valence-corrected chi connectivity index (χ2v) is 5.09. The maximum Gasteiger partial charge on any atom is 0.0794 e. The first-order valence-corrected chi connectivity index (χ1v) is 6.29. The number of rotatable bonds is 4. The van der Waals surface area contributed by atoms with Gasteiger partial charge < -0.3 is 5.11 Å². The molecule has 78 valence electrons. The standard InChI is InChI=1S/C11H17NOS/c13-11(9-3-1-2-4-9)6-5-10-7-12-8-14-10/h7-9,11,13H,1-6H2. The highest BCUT2D eigenvalue weighted by Crippen LogP contribution is 2.29. The van der Waals surface area contributed by atoms with Gasteiger partial charge >= 0.3 is 0 Å². The maximum absolute atomic E-state index is 9.93. The quantitative estimate of drug-likeness (QED) is 0.830. The van der Waals surface area contributed by atoms with Crippen molar-refractivity contribution in [2.24, 2.45) is 5.92 Å². The van der Waals surface area contributed by atoms with Crippen molar-refractivity contribution in [1.82, 2.24) is 4.98 Å². The van der Waals surface area contributed by atoms with Crippen LogP contribution in [-0.4, -0.2) is 16.2 Å². The fourth-order valence-corrected chi connectivity index (χ4v) is 2.85. The average molecular weight is 211 g/mol. The monoisotopic (exact) mass is 211 g/mol. The molecule has 0 aromatic carbocycles. The molecule has 1 aliphatic rings. The van der Waals surface area contributed by atoms with Crippen LogP contribution in [-0.2, 0) is 6.42 Å². The second-order valence-electron chi connectivity index (χ2n) is 4.12. The van der Waals surface area contributed by atoms with Crippen LogP contribution < -0.4 is 0 Å². The number of hydrogen-bond donors (Lipinski definition) is 1. The first-order valence-electron chi connectivity index (χ1n) is 5.41. The fraction of sp³-hybridized carbons (Fsp3) is 0.727. The zero-order valence-corrected chi connectivity index (χ0v) is 9.17. The lowest BCUT2D eigenvalue weighted by molar-refractivity contribution is 0.102. The van der Waals surface area contributed by atoms with Crippen LogP contribution >= 0.6 is 11.3 Å². The average Bonchev–Trinajstić information content (AvgIpc) is 2.87. The van der Waals surface area contributed by atoms with Crippen LogP contribution in [0.4, 0.5) is 0 Å². The van der Waals surface area contributed by atoms with Crippen LogP contribution in [0.2, 0.25) is 0 Å². The molecule has 0 bridgehead atoms. The Morgan fingerprint density at radius 1 is 1.50 bits per heavy atom. The molecule has 1 aromatic rings. The maximum atomic E-state index is 9.93. The molecule has 1 N–H and O–H groups in total. The van der Waals surface area contributed by atoms with E-state index in [-0.39, 0.29) is 6.10 Å². The third kappa shape index (κ3) is 2.55. The largest absolute Gasteiger partial charge is 0.393 e. The molecule has 0 spiro atoms. The van der Waals surface area contributed by atoms with Crippen LogP contribution in [0.25, 0.3) is 0 Å². The molecule has 0 radical (unpaired) electrons. The van der Waals surface area contributed by atoms with Gasteiger partial charge in [0, 0.05) is 11.1 Å². The van der Waals surface area contributed by atoms with Gasteiger partial charge in [0.2, 0.25) is 0 Å². The molecule has 0 aliphatic heterocycles. The topological polar surface area (TPSA) is 33.1 Å². The molecule has 1 fully saturated rings. The highest BCUT2D eigenvalue weighted by Gasteiger charge is 2.22. The molecule has 2 rings (SSSR count). The Morgan fingerprint density at radius 2 is 2.29 bits per heavy atom. The Bertz CT molecular complexity index is 254. The second kappa shape index (κ2) is 4.89. The summed E-state index contributed by atoms with van der Waals surface area (Å²) < 4.78 is 0. The third-order valence-electron chi connectivity index (χ3n) is 3.11. The molecule has 1 saturated carbocycles. The summed E-state index contributed by atoms with van der Waals surface area (Å²) >= 11 is 1.69. The van der Waals surface area contributed by atoms with Crippen molar-refractivity contribution < 1.29 is 5.11 Å². The smallest absolute Gasteiger partial charge is 0.0794 e. The summed E-state index contributed by atoms with van der Waals surface area (Å²) in [6.07, 6.45) is 8.79. The van der Waals surface area contributed by atoms with Crippen LogP contribution in [0.1, 0.15) is 37.0 Å². The Hall–Kier alpha value is -0.410. The molecule has 3 heteroatoms. The highest BCUT2D eigenvalue weighted by molar-refractivity contribution is 7.09. The third-order valence-corrected chi connectivity index (χ3v) is 3.95. The summed E-state index contributed by atoms with van der Waals surface area (Å²) in [5.74, 6) is 0.572. The van der Waals surface area contributed by atoms with Crippen LogP contribution in [0.15, 0.2) is 11.7 Å². The Labute approximate surface area is 89.0 Å². The van der Waals surface area contributed by atoms with Gasteiger partial charge in [-0.15, -0.1) is 11.3 Å². The lowest BCUT2D eigenvalue weighted by Gasteiger charge is -2.16. The highest BCUT2D eigenvalue weighted by atomic mass is 32.1. The van der Waals surface area contributed by atoms with E-state index in [0.29, 0.717) is 5.92 Å². The predicted octanol–water partition coefficient (Wildman–Crippen LogP) is 2.63. The normalized spacial score (nSPS) is 20.1. The zero-order chi connectivity index (χ0) is 9.80.